The van der Waals surface area contributed by atoms with E-state index in [2.05, 4.69) is 10.9 Å². The molecule has 1 aliphatic rings. The summed E-state index contributed by atoms with van der Waals surface area (Å²) >= 11 is 0. The van der Waals surface area contributed by atoms with E-state index >= 15 is 0 Å². The SMILES string of the molecule is CCOC(=O)c1ccc(N2C(=O)CC(NNC(=O)c3cc(OC)cc(OC)c3)C2=O)cc1. The summed E-state index contributed by atoms with van der Waals surface area (Å²) in [6.45, 7) is 1.94. The molecule has 0 saturated carbocycles. The molecule has 2 aromatic rings. The molecule has 3 amide bonds. The second-order valence-electron chi connectivity index (χ2n) is 6.79. The molecule has 2 aromatic carbocycles. The number of nitrogens with one attached hydrogen (secondary N) is 2. The largest absolute Gasteiger partial charge is 0.497 e. The minimum absolute atomic E-state index is 0.139. The number of imide groups is 1. The van der Waals surface area contributed by atoms with E-state index in [1.807, 2.05) is 0 Å². The molecule has 0 bridgehead atoms. The molecule has 0 aliphatic carbocycles. The number of ether oxygens (including phenoxy) is 3. The van der Waals surface area contributed by atoms with Gasteiger partial charge in [-0.25, -0.2) is 15.1 Å². The van der Waals surface area contributed by atoms with Crippen molar-refractivity contribution in [3.8, 4) is 11.5 Å². The summed E-state index contributed by atoms with van der Waals surface area (Å²) in [5.41, 5.74) is 5.94. The van der Waals surface area contributed by atoms with Crippen molar-refractivity contribution in [2.45, 2.75) is 19.4 Å². The molecule has 1 aliphatic heterocycles. The molecule has 1 saturated heterocycles. The molecule has 10 nitrogen and oxygen atoms in total. The summed E-state index contributed by atoms with van der Waals surface area (Å²) in [6.07, 6.45) is -0.139. The number of benzene rings is 2. The number of esters is 1. The molecule has 2 N–H and O–H groups in total. The maximum Gasteiger partial charge on any atom is 0.338 e. The number of hydrogen-bond donors (Lipinski definition) is 2. The Hall–Kier alpha value is -3.92. The van der Waals surface area contributed by atoms with Gasteiger partial charge in [0, 0.05) is 11.6 Å². The first-order valence-corrected chi connectivity index (χ1v) is 9.80. The first-order valence-electron chi connectivity index (χ1n) is 9.80. The summed E-state index contributed by atoms with van der Waals surface area (Å²) < 4.78 is 15.2. The van der Waals surface area contributed by atoms with Crippen LogP contribution < -0.4 is 25.2 Å². The van der Waals surface area contributed by atoms with Crippen LogP contribution in [0.2, 0.25) is 0 Å². The van der Waals surface area contributed by atoms with Gasteiger partial charge in [-0.15, -0.1) is 0 Å². The summed E-state index contributed by atoms with van der Waals surface area (Å²) in [7, 11) is 2.93. The van der Waals surface area contributed by atoms with Crippen LogP contribution in [0.15, 0.2) is 42.5 Å². The highest BCUT2D eigenvalue weighted by Crippen LogP contribution is 2.24. The first-order chi connectivity index (χ1) is 15.4. The third-order valence-electron chi connectivity index (χ3n) is 4.76. The Labute approximate surface area is 184 Å². The molecule has 168 valence electrons. The third kappa shape index (κ3) is 4.86. The highest BCUT2D eigenvalue weighted by molar-refractivity contribution is 6.22. The van der Waals surface area contributed by atoms with Crippen LogP contribution in [0.1, 0.15) is 34.1 Å². The maximum atomic E-state index is 12.7. The molecular weight excluding hydrogens is 418 g/mol. The van der Waals surface area contributed by atoms with Crippen LogP contribution in [0.5, 0.6) is 11.5 Å². The number of hydrazine groups is 1. The monoisotopic (exact) mass is 441 g/mol. The lowest BCUT2D eigenvalue weighted by atomic mass is 10.2. The van der Waals surface area contributed by atoms with Crippen molar-refractivity contribution >= 4 is 29.4 Å². The van der Waals surface area contributed by atoms with Crippen molar-refractivity contribution in [2.24, 2.45) is 0 Å². The predicted octanol–water partition coefficient (Wildman–Crippen LogP) is 1.45. The Morgan fingerprint density at radius 3 is 2.19 bits per heavy atom. The predicted molar refractivity (Wildman–Crippen MR) is 113 cm³/mol. The van der Waals surface area contributed by atoms with Gasteiger partial charge in [0.05, 0.1) is 38.5 Å². The summed E-state index contributed by atoms with van der Waals surface area (Å²) in [4.78, 5) is 50.4. The third-order valence-corrected chi connectivity index (χ3v) is 4.76. The van der Waals surface area contributed by atoms with E-state index in [-0.39, 0.29) is 18.6 Å². The zero-order valence-electron chi connectivity index (χ0n) is 17.8. The summed E-state index contributed by atoms with van der Waals surface area (Å²) in [6, 6.07) is 9.64. The van der Waals surface area contributed by atoms with Gasteiger partial charge in [-0.2, -0.15) is 0 Å². The fourth-order valence-electron chi connectivity index (χ4n) is 3.14. The molecule has 1 heterocycles. The van der Waals surface area contributed by atoms with Gasteiger partial charge in [-0.05, 0) is 43.3 Å². The molecule has 1 atom stereocenters. The highest BCUT2D eigenvalue weighted by Gasteiger charge is 2.39. The second-order valence-corrected chi connectivity index (χ2v) is 6.79. The standard InChI is InChI=1S/C22H23N3O7/c1-4-32-22(29)13-5-7-15(8-6-13)25-19(26)12-18(21(25)28)23-24-20(27)14-9-16(30-2)11-17(10-14)31-3/h5-11,18,23H,4,12H2,1-3H3,(H,24,27). The summed E-state index contributed by atoms with van der Waals surface area (Å²) in [5.74, 6) is -1.12. The number of rotatable bonds is 8. The van der Waals surface area contributed by atoms with Crippen LogP contribution in [-0.2, 0) is 14.3 Å². The lowest BCUT2D eigenvalue weighted by molar-refractivity contribution is -0.121. The topological polar surface area (TPSA) is 123 Å². The fourth-order valence-corrected chi connectivity index (χ4v) is 3.14. The zero-order valence-corrected chi connectivity index (χ0v) is 17.8. The molecule has 0 spiro atoms. The van der Waals surface area contributed by atoms with Crippen molar-refractivity contribution in [1.82, 2.24) is 10.9 Å². The van der Waals surface area contributed by atoms with Crippen LogP contribution in [0.3, 0.4) is 0 Å². The number of anilines is 1. The molecule has 0 aromatic heterocycles. The van der Waals surface area contributed by atoms with Crippen molar-refractivity contribution in [3.63, 3.8) is 0 Å². The molecular formula is C22H23N3O7. The van der Waals surface area contributed by atoms with E-state index in [0.29, 0.717) is 22.7 Å². The maximum absolute atomic E-state index is 12.7. The van der Waals surface area contributed by atoms with Gasteiger partial charge in [0.1, 0.15) is 17.5 Å². The van der Waals surface area contributed by atoms with Crippen molar-refractivity contribution < 1.29 is 33.4 Å². The lowest BCUT2D eigenvalue weighted by Gasteiger charge is -2.16. The lowest BCUT2D eigenvalue weighted by Crippen LogP contribution is -2.48. The van der Waals surface area contributed by atoms with Gasteiger partial charge >= 0.3 is 5.97 Å². The zero-order chi connectivity index (χ0) is 23.3. The Kier molecular flexibility index (Phi) is 7.06. The number of carbonyl (C=O) groups is 4. The average molecular weight is 441 g/mol. The van der Waals surface area contributed by atoms with Crippen LogP contribution in [0.25, 0.3) is 0 Å². The fraction of sp³-hybridized carbons (Fsp3) is 0.273. The van der Waals surface area contributed by atoms with E-state index < -0.39 is 29.7 Å². The van der Waals surface area contributed by atoms with E-state index in [0.717, 1.165) is 4.90 Å². The van der Waals surface area contributed by atoms with Gasteiger partial charge < -0.3 is 14.2 Å². The Morgan fingerprint density at radius 1 is 1.00 bits per heavy atom. The summed E-state index contributed by atoms with van der Waals surface area (Å²) in [5, 5.41) is 0. The highest BCUT2D eigenvalue weighted by atomic mass is 16.5. The number of nitrogens with zero attached hydrogens (tertiary/aromatic N) is 1. The van der Waals surface area contributed by atoms with Crippen LogP contribution in [-0.4, -0.2) is 50.6 Å². The van der Waals surface area contributed by atoms with Crippen LogP contribution in [0, 0.1) is 0 Å². The Bertz CT molecular complexity index is 1010. The number of methoxy groups -OCH3 is 2. The van der Waals surface area contributed by atoms with Crippen molar-refractivity contribution in [1.29, 1.82) is 0 Å². The van der Waals surface area contributed by atoms with Crippen molar-refractivity contribution in [2.75, 3.05) is 25.7 Å². The van der Waals surface area contributed by atoms with Gasteiger partial charge in [0.25, 0.3) is 11.8 Å². The van der Waals surface area contributed by atoms with E-state index in [1.54, 1.807) is 13.0 Å². The second kappa shape index (κ2) is 9.92. The average Bonchev–Trinajstić information content (AvgIpc) is 3.10. The van der Waals surface area contributed by atoms with E-state index in [4.69, 9.17) is 14.2 Å². The molecule has 3 rings (SSSR count). The van der Waals surface area contributed by atoms with Crippen molar-refractivity contribution in [3.05, 3.63) is 53.6 Å². The number of hydrogen-bond acceptors (Lipinski definition) is 8. The molecule has 1 fully saturated rings. The number of carbonyl (C=O) groups excluding carboxylic acids is 4. The molecule has 10 heteroatoms. The normalized spacial score (nSPS) is 15.5. The van der Waals surface area contributed by atoms with Crippen LogP contribution >= 0.6 is 0 Å². The first kappa shape index (κ1) is 22.8. The quantitative estimate of drug-likeness (QED) is 0.358. The number of amides is 3. The van der Waals surface area contributed by atoms with E-state index in [1.165, 1.54) is 50.6 Å². The van der Waals surface area contributed by atoms with E-state index in [9.17, 15) is 19.2 Å². The Morgan fingerprint density at radius 2 is 1.62 bits per heavy atom. The Balaban J connectivity index is 1.66. The van der Waals surface area contributed by atoms with Gasteiger partial charge in [-0.3, -0.25) is 19.8 Å². The molecule has 0 radical (unpaired) electrons. The van der Waals surface area contributed by atoms with Gasteiger partial charge in [0.2, 0.25) is 5.91 Å². The molecule has 32 heavy (non-hydrogen) atoms. The minimum Gasteiger partial charge on any atom is -0.497 e. The molecule has 1 unspecified atom stereocenters. The van der Waals surface area contributed by atoms with Gasteiger partial charge in [0.15, 0.2) is 0 Å². The van der Waals surface area contributed by atoms with Crippen LogP contribution in [0.4, 0.5) is 5.69 Å². The minimum atomic E-state index is -0.941. The smallest absolute Gasteiger partial charge is 0.338 e. The van der Waals surface area contributed by atoms with Gasteiger partial charge in [-0.1, -0.05) is 0 Å².